The standard InChI is InChI=1S/C25H32N2O4S/c1-25(2,3)32(30)26-21-10-11-27(24(28)29)22-9-8-16(14-20(21)22)12-17-13-18-6-5-7-23(31-4)19(18)15-17/h5-9,14,17,21,26H,10-13,15H2,1-4H3,(H,28,29)/t17?,21-,32-/m1/s1. The molecule has 4 rings (SSSR count). The highest BCUT2D eigenvalue weighted by Gasteiger charge is 2.35. The molecule has 1 amide bonds. The fraction of sp³-hybridized carbons (Fsp3) is 0.480. The van der Waals surface area contributed by atoms with Gasteiger partial charge in [0.05, 0.1) is 18.8 Å². The van der Waals surface area contributed by atoms with Crippen molar-refractivity contribution in [1.82, 2.24) is 4.72 Å². The van der Waals surface area contributed by atoms with Crippen molar-refractivity contribution in [2.75, 3.05) is 18.6 Å². The molecule has 6 nitrogen and oxygen atoms in total. The van der Waals surface area contributed by atoms with Crippen LogP contribution in [0.25, 0.3) is 0 Å². The molecular weight excluding hydrogens is 424 g/mol. The number of hydrogen-bond acceptors (Lipinski definition) is 4. The molecule has 2 aromatic carbocycles. The number of carbonyl (C=O) groups is 1. The summed E-state index contributed by atoms with van der Waals surface area (Å²) in [6, 6.07) is 12.2. The SMILES string of the molecule is COc1cccc2c1CC(Cc1ccc3c(c1)[C@H](N[S@+]([O-])C(C)(C)C)CCN3C(=O)O)C2. The Labute approximate surface area is 193 Å². The lowest BCUT2D eigenvalue weighted by atomic mass is 9.91. The molecule has 1 heterocycles. The Hall–Kier alpha value is -2.22. The second kappa shape index (κ2) is 8.96. The third-order valence-corrected chi connectivity index (χ3v) is 8.02. The molecule has 1 unspecified atom stereocenters. The Morgan fingerprint density at radius 1 is 1.28 bits per heavy atom. The molecule has 0 radical (unpaired) electrons. The van der Waals surface area contributed by atoms with Gasteiger partial charge in [0.25, 0.3) is 0 Å². The van der Waals surface area contributed by atoms with Crippen molar-refractivity contribution in [2.24, 2.45) is 5.92 Å². The van der Waals surface area contributed by atoms with E-state index in [4.69, 9.17) is 4.74 Å². The summed E-state index contributed by atoms with van der Waals surface area (Å²) in [6.07, 6.45) is 2.55. The van der Waals surface area contributed by atoms with Crippen LogP contribution in [0.2, 0.25) is 0 Å². The molecule has 7 heteroatoms. The Bertz CT molecular complexity index is 1000. The van der Waals surface area contributed by atoms with Crippen LogP contribution >= 0.6 is 0 Å². The van der Waals surface area contributed by atoms with Crippen molar-refractivity contribution < 1.29 is 19.2 Å². The van der Waals surface area contributed by atoms with Gasteiger partial charge in [0.2, 0.25) is 0 Å². The number of nitrogens with zero attached hydrogens (tertiary/aromatic N) is 1. The minimum Gasteiger partial charge on any atom is -0.598 e. The first-order valence-electron chi connectivity index (χ1n) is 11.1. The molecule has 0 saturated heterocycles. The largest absolute Gasteiger partial charge is 0.598 e. The maximum absolute atomic E-state index is 12.8. The van der Waals surface area contributed by atoms with E-state index in [1.165, 1.54) is 21.6 Å². The minimum absolute atomic E-state index is 0.138. The molecule has 32 heavy (non-hydrogen) atoms. The van der Waals surface area contributed by atoms with Crippen LogP contribution in [0.4, 0.5) is 10.5 Å². The number of methoxy groups -OCH3 is 1. The fourth-order valence-corrected chi connectivity index (χ4v) is 5.65. The first-order chi connectivity index (χ1) is 15.2. The van der Waals surface area contributed by atoms with E-state index in [0.717, 1.165) is 30.6 Å². The zero-order chi connectivity index (χ0) is 23.0. The second-order valence-electron chi connectivity index (χ2n) is 9.74. The lowest BCUT2D eigenvalue weighted by molar-refractivity contribution is 0.201. The van der Waals surface area contributed by atoms with Gasteiger partial charge in [-0.25, -0.2) is 4.79 Å². The molecule has 1 aliphatic carbocycles. The van der Waals surface area contributed by atoms with Gasteiger partial charge in [-0.1, -0.05) is 24.3 Å². The predicted octanol–water partition coefficient (Wildman–Crippen LogP) is 4.63. The molecule has 2 aliphatic rings. The molecule has 0 saturated carbocycles. The monoisotopic (exact) mass is 456 g/mol. The predicted molar refractivity (Wildman–Crippen MR) is 128 cm³/mol. The van der Waals surface area contributed by atoms with E-state index in [0.29, 0.717) is 24.6 Å². The smallest absolute Gasteiger partial charge is 0.411 e. The van der Waals surface area contributed by atoms with E-state index < -0.39 is 22.2 Å². The molecule has 0 spiro atoms. The Balaban J connectivity index is 1.58. The van der Waals surface area contributed by atoms with Crippen LogP contribution < -0.4 is 14.4 Å². The maximum atomic E-state index is 12.8. The highest BCUT2D eigenvalue weighted by atomic mass is 32.2. The zero-order valence-corrected chi connectivity index (χ0v) is 20.0. The van der Waals surface area contributed by atoms with Crippen molar-refractivity contribution in [3.63, 3.8) is 0 Å². The number of ether oxygens (including phenoxy) is 1. The van der Waals surface area contributed by atoms with Gasteiger partial charge in [0.1, 0.15) is 10.5 Å². The molecule has 0 fully saturated rings. The Morgan fingerprint density at radius 2 is 2.06 bits per heavy atom. The van der Waals surface area contributed by atoms with Crippen molar-refractivity contribution in [2.45, 2.75) is 57.2 Å². The van der Waals surface area contributed by atoms with Crippen molar-refractivity contribution >= 4 is 23.1 Å². The summed E-state index contributed by atoms with van der Waals surface area (Å²) in [6.45, 7) is 6.20. The van der Waals surface area contributed by atoms with Crippen LogP contribution in [0.1, 0.15) is 55.5 Å². The third kappa shape index (κ3) is 4.60. The molecule has 2 N–H and O–H groups in total. The number of benzene rings is 2. The van der Waals surface area contributed by atoms with Gasteiger partial charge in [-0.2, -0.15) is 0 Å². The normalized spacial score (nSPS) is 21.1. The number of hydrogen-bond donors (Lipinski definition) is 2. The first-order valence-corrected chi connectivity index (χ1v) is 12.3. The average Bonchev–Trinajstić information content (AvgIpc) is 3.15. The van der Waals surface area contributed by atoms with E-state index in [-0.39, 0.29) is 6.04 Å². The zero-order valence-electron chi connectivity index (χ0n) is 19.2. The number of rotatable bonds is 5. The molecule has 0 aromatic heterocycles. The number of carboxylic acid groups (broad SMARTS) is 1. The summed E-state index contributed by atoms with van der Waals surface area (Å²) in [5, 5.41) is 9.66. The van der Waals surface area contributed by atoms with E-state index >= 15 is 0 Å². The topological polar surface area (TPSA) is 84.9 Å². The molecule has 0 bridgehead atoms. The third-order valence-electron chi connectivity index (χ3n) is 6.41. The summed E-state index contributed by atoms with van der Waals surface area (Å²) in [4.78, 5) is 13.2. The maximum Gasteiger partial charge on any atom is 0.411 e. The molecule has 2 aromatic rings. The molecular formula is C25H32N2O4S. The van der Waals surface area contributed by atoms with Gasteiger partial charge in [-0.15, -0.1) is 4.72 Å². The summed E-state index contributed by atoms with van der Waals surface area (Å²) >= 11 is -1.24. The number of amides is 1. The molecule has 1 aliphatic heterocycles. The number of anilines is 1. The summed E-state index contributed by atoms with van der Waals surface area (Å²) in [5.74, 6) is 1.44. The second-order valence-corrected chi connectivity index (χ2v) is 11.7. The van der Waals surface area contributed by atoms with Crippen LogP contribution in [0.5, 0.6) is 5.75 Å². The summed E-state index contributed by atoms with van der Waals surface area (Å²) in [7, 11) is 1.72. The van der Waals surface area contributed by atoms with Gasteiger partial charge in [0.15, 0.2) is 0 Å². The van der Waals surface area contributed by atoms with E-state index in [2.05, 4.69) is 16.9 Å². The summed E-state index contributed by atoms with van der Waals surface area (Å²) in [5.41, 5.74) is 5.44. The molecule has 3 atom stereocenters. The van der Waals surface area contributed by atoms with Crippen LogP contribution in [-0.4, -0.2) is 34.2 Å². The van der Waals surface area contributed by atoms with E-state index in [1.54, 1.807) is 7.11 Å². The van der Waals surface area contributed by atoms with Gasteiger partial charge < -0.3 is 14.4 Å². The van der Waals surface area contributed by atoms with Crippen molar-refractivity contribution in [3.8, 4) is 5.75 Å². The highest BCUT2D eigenvalue weighted by Crippen LogP contribution is 2.38. The van der Waals surface area contributed by atoms with E-state index in [9.17, 15) is 14.5 Å². The number of fused-ring (bicyclic) bond motifs is 2. The minimum atomic E-state index is -1.24. The quantitative estimate of drug-likeness (QED) is 0.641. The first kappa shape index (κ1) is 23.0. The lowest BCUT2D eigenvalue weighted by Crippen LogP contribution is -2.45. The van der Waals surface area contributed by atoms with Crippen LogP contribution in [0, 0.1) is 5.92 Å². The van der Waals surface area contributed by atoms with Gasteiger partial charge in [-0.05, 0) is 86.8 Å². The lowest BCUT2D eigenvalue weighted by Gasteiger charge is -2.35. The van der Waals surface area contributed by atoms with Crippen LogP contribution in [-0.2, 0) is 30.6 Å². The fourth-order valence-electron chi connectivity index (χ4n) is 4.79. The van der Waals surface area contributed by atoms with Gasteiger partial charge in [0, 0.05) is 17.9 Å². The van der Waals surface area contributed by atoms with Gasteiger partial charge in [-0.3, -0.25) is 4.90 Å². The van der Waals surface area contributed by atoms with Crippen LogP contribution in [0.3, 0.4) is 0 Å². The van der Waals surface area contributed by atoms with Crippen molar-refractivity contribution in [3.05, 3.63) is 58.7 Å². The van der Waals surface area contributed by atoms with Crippen molar-refractivity contribution in [1.29, 1.82) is 0 Å². The highest BCUT2D eigenvalue weighted by molar-refractivity contribution is 7.90. The number of nitrogens with one attached hydrogen (secondary N) is 1. The van der Waals surface area contributed by atoms with Crippen LogP contribution in [0.15, 0.2) is 36.4 Å². The Kier molecular flexibility index (Phi) is 6.43. The Morgan fingerprint density at radius 3 is 2.75 bits per heavy atom. The molecule has 172 valence electrons. The average molecular weight is 457 g/mol. The van der Waals surface area contributed by atoms with Gasteiger partial charge >= 0.3 is 6.09 Å². The summed E-state index contributed by atoms with van der Waals surface area (Å²) < 4.78 is 21.2. The van der Waals surface area contributed by atoms with E-state index in [1.807, 2.05) is 45.0 Å².